The third kappa shape index (κ3) is 4.94. The minimum atomic E-state index is -0.741. The van der Waals surface area contributed by atoms with Crippen molar-refractivity contribution in [2.24, 2.45) is 5.10 Å². The number of carbonyl (C=O) groups excluding carboxylic acids is 1. The van der Waals surface area contributed by atoms with Crippen LogP contribution in [0.4, 0.5) is 5.82 Å². The van der Waals surface area contributed by atoms with Crippen molar-refractivity contribution in [3.8, 4) is 0 Å². The Hall–Kier alpha value is -2.65. The molecule has 2 aromatic rings. The van der Waals surface area contributed by atoms with Crippen molar-refractivity contribution in [1.29, 1.82) is 0 Å². The highest BCUT2D eigenvalue weighted by Gasteiger charge is 2.05. The largest absolute Gasteiger partial charge is 0.355 e. The SMILES string of the molecule is O=C(CNc1n[nH]c(=O)[nH]c1=O)N/N=C/c1ccc(Cl)cc1Cl. The Bertz CT molecular complexity index is 860. The number of rotatable bonds is 5. The fourth-order valence-electron chi connectivity index (χ4n) is 1.45. The number of aromatic nitrogens is 3. The van der Waals surface area contributed by atoms with E-state index in [-0.39, 0.29) is 12.4 Å². The topological polar surface area (TPSA) is 132 Å². The number of benzene rings is 1. The van der Waals surface area contributed by atoms with E-state index < -0.39 is 17.2 Å². The van der Waals surface area contributed by atoms with Crippen molar-refractivity contribution in [2.45, 2.75) is 0 Å². The first-order chi connectivity index (χ1) is 11.0. The number of hydrogen-bond acceptors (Lipinski definition) is 6. The van der Waals surface area contributed by atoms with Crippen molar-refractivity contribution in [1.82, 2.24) is 20.6 Å². The van der Waals surface area contributed by atoms with Gasteiger partial charge in [0.1, 0.15) is 0 Å². The van der Waals surface area contributed by atoms with Crippen molar-refractivity contribution in [3.63, 3.8) is 0 Å². The van der Waals surface area contributed by atoms with Crippen LogP contribution in [0.1, 0.15) is 5.56 Å². The maximum Gasteiger partial charge on any atom is 0.342 e. The normalized spacial score (nSPS) is 10.7. The van der Waals surface area contributed by atoms with Crippen LogP contribution in [0.2, 0.25) is 10.0 Å². The molecular weight excluding hydrogens is 347 g/mol. The molecule has 1 aromatic carbocycles. The standard InChI is InChI=1S/C12H10Cl2N6O3/c13-7-2-1-6(8(14)3-7)4-16-18-9(21)5-15-10-11(22)17-12(23)20-19-10/h1-4H,5H2,(H,15,19)(H,18,21)(H2,17,20,22,23)/b16-4+. The highest BCUT2D eigenvalue weighted by atomic mass is 35.5. The number of halogens is 2. The third-order valence-electron chi connectivity index (χ3n) is 2.48. The van der Waals surface area contributed by atoms with E-state index in [2.05, 4.69) is 20.9 Å². The van der Waals surface area contributed by atoms with Crippen LogP contribution in [0.3, 0.4) is 0 Å². The molecule has 23 heavy (non-hydrogen) atoms. The molecule has 9 nitrogen and oxygen atoms in total. The lowest BCUT2D eigenvalue weighted by atomic mass is 10.2. The first-order valence-electron chi connectivity index (χ1n) is 6.15. The molecule has 1 aromatic heterocycles. The molecule has 11 heteroatoms. The van der Waals surface area contributed by atoms with Crippen molar-refractivity contribution in [2.75, 3.05) is 11.9 Å². The van der Waals surface area contributed by atoms with E-state index in [0.717, 1.165) is 0 Å². The Morgan fingerprint density at radius 3 is 2.83 bits per heavy atom. The maximum atomic E-state index is 11.6. The summed E-state index contributed by atoms with van der Waals surface area (Å²) in [4.78, 5) is 35.6. The van der Waals surface area contributed by atoms with Gasteiger partial charge in [-0.2, -0.15) is 5.10 Å². The Morgan fingerprint density at radius 1 is 1.35 bits per heavy atom. The molecule has 0 unspecified atom stereocenters. The molecule has 2 rings (SSSR count). The fraction of sp³-hybridized carbons (Fsp3) is 0.0833. The van der Waals surface area contributed by atoms with E-state index >= 15 is 0 Å². The Morgan fingerprint density at radius 2 is 2.13 bits per heavy atom. The predicted molar refractivity (Wildman–Crippen MR) is 86.2 cm³/mol. The second-order valence-corrected chi connectivity index (χ2v) is 5.01. The van der Waals surface area contributed by atoms with Gasteiger partial charge in [0.25, 0.3) is 11.5 Å². The average molecular weight is 357 g/mol. The minimum absolute atomic E-state index is 0.190. The third-order valence-corrected chi connectivity index (χ3v) is 3.05. The molecular formula is C12H10Cl2N6O3. The summed E-state index contributed by atoms with van der Waals surface area (Å²) in [5, 5.41) is 12.5. The van der Waals surface area contributed by atoms with E-state index in [1.165, 1.54) is 6.21 Å². The van der Waals surface area contributed by atoms with Crippen LogP contribution in [-0.4, -0.2) is 33.8 Å². The van der Waals surface area contributed by atoms with E-state index in [1.54, 1.807) is 18.2 Å². The van der Waals surface area contributed by atoms with Gasteiger partial charge in [-0.1, -0.05) is 29.3 Å². The molecule has 0 spiro atoms. The monoisotopic (exact) mass is 356 g/mol. The number of aromatic amines is 2. The lowest BCUT2D eigenvalue weighted by Crippen LogP contribution is -2.31. The summed E-state index contributed by atoms with van der Waals surface area (Å²) in [6.07, 6.45) is 1.35. The van der Waals surface area contributed by atoms with Crippen molar-refractivity contribution < 1.29 is 4.79 Å². The number of hydrogen-bond donors (Lipinski definition) is 4. The number of amides is 1. The van der Waals surface area contributed by atoms with Gasteiger partial charge in [-0.15, -0.1) is 5.10 Å². The molecule has 0 aliphatic heterocycles. The molecule has 0 bridgehead atoms. The van der Waals surface area contributed by atoms with E-state index in [0.29, 0.717) is 15.6 Å². The summed E-state index contributed by atoms with van der Waals surface area (Å²) in [6, 6.07) is 4.82. The number of anilines is 1. The maximum absolute atomic E-state index is 11.6. The van der Waals surface area contributed by atoms with Crippen LogP contribution >= 0.6 is 23.2 Å². The zero-order valence-electron chi connectivity index (χ0n) is 11.4. The number of H-pyrrole nitrogens is 2. The van der Waals surface area contributed by atoms with Gasteiger partial charge in [0.15, 0.2) is 0 Å². The van der Waals surface area contributed by atoms with Gasteiger partial charge >= 0.3 is 5.69 Å². The van der Waals surface area contributed by atoms with Crippen LogP contribution in [0.25, 0.3) is 0 Å². The molecule has 4 N–H and O–H groups in total. The summed E-state index contributed by atoms with van der Waals surface area (Å²) in [5.74, 6) is -0.719. The molecule has 0 atom stereocenters. The summed E-state index contributed by atoms with van der Waals surface area (Å²) in [6.45, 7) is -0.270. The minimum Gasteiger partial charge on any atom is -0.355 e. The fourth-order valence-corrected chi connectivity index (χ4v) is 1.91. The van der Waals surface area contributed by atoms with Gasteiger partial charge in [-0.05, 0) is 12.1 Å². The quantitative estimate of drug-likeness (QED) is 0.452. The van der Waals surface area contributed by atoms with Gasteiger partial charge in [0, 0.05) is 10.6 Å². The smallest absolute Gasteiger partial charge is 0.342 e. The summed E-state index contributed by atoms with van der Waals surface area (Å²) < 4.78 is 0. The summed E-state index contributed by atoms with van der Waals surface area (Å²) in [5.41, 5.74) is 1.33. The zero-order valence-corrected chi connectivity index (χ0v) is 12.9. The lowest BCUT2D eigenvalue weighted by Gasteiger charge is -2.02. The van der Waals surface area contributed by atoms with Gasteiger partial charge in [0.2, 0.25) is 5.82 Å². The van der Waals surface area contributed by atoms with Gasteiger partial charge in [0.05, 0.1) is 17.8 Å². The van der Waals surface area contributed by atoms with Gasteiger partial charge < -0.3 is 5.32 Å². The Kier molecular flexibility index (Phi) is 5.50. The molecule has 0 radical (unpaired) electrons. The number of nitrogens with one attached hydrogen (secondary N) is 4. The molecule has 0 fully saturated rings. The van der Waals surface area contributed by atoms with Crippen LogP contribution in [0, 0.1) is 0 Å². The molecule has 0 aliphatic carbocycles. The van der Waals surface area contributed by atoms with Crippen LogP contribution < -0.4 is 22.0 Å². The summed E-state index contributed by atoms with van der Waals surface area (Å²) in [7, 11) is 0. The molecule has 0 saturated heterocycles. The van der Waals surface area contributed by atoms with E-state index in [9.17, 15) is 14.4 Å². The molecule has 1 amide bonds. The Labute approximate surface area is 138 Å². The van der Waals surface area contributed by atoms with Gasteiger partial charge in [-0.3, -0.25) is 14.6 Å². The number of nitrogens with zero attached hydrogens (tertiary/aromatic N) is 2. The summed E-state index contributed by atoms with van der Waals surface area (Å²) >= 11 is 11.7. The van der Waals surface area contributed by atoms with Gasteiger partial charge in [-0.25, -0.2) is 15.3 Å². The van der Waals surface area contributed by atoms with Crippen LogP contribution in [-0.2, 0) is 4.79 Å². The van der Waals surface area contributed by atoms with E-state index in [1.807, 2.05) is 10.1 Å². The van der Waals surface area contributed by atoms with Crippen molar-refractivity contribution in [3.05, 3.63) is 54.6 Å². The van der Waals surface area contributed by atoms with Crippen LogP contribution in [0.15, 0.2) is 32.9 Å². The highest BCUT2D eigenvalue weighted by molar-refractivity contribution is 6.36. The molecule has 120 valence electrons. The zero-order chi connectivity index (χ0) is 16.8. The lowest BCUT2D eigenvalue weighted by molar-refractivity contribution is -0.119. The number of hydrazone groups is 1. The second-order valence-electron chi connectivity index (χ2n) is 4.17. The first kappa shape index (κ1) is 16.7. The first-order valence-corrected chi connectivity index (χ1v) is 6.91. The predicted octanol–water partition coefficient (Wildman–Crippen LogP) is 0.327. The number of carbonyl (C=O) groups is 1. The van der Waals surface area contributed by atoms with Crippen LogP contribution in [0.5, 0.6) is 0 Å². The highest BCUT2D eigenvalue weighted by Crippen LogP contribution is 2.19. The molecule has 0 saturated carbocycles. The molecule has 1 heterocycles. The Balaban J connectivity index is 1.88. The van der Waals surface area contributed by atoms with E-state index in [4.69, 9.17) is 23.2 Å². The average Bonchev–Trinajstić information content (AvgIpc) is 2.48. The van der Waals surface area contributed by atoms with Crippen molar-refractivity contribution >= 4 is 41.1 Å². The molecule has 0 aliphatic rings. The second kappa shape index (κ2) is 7.56.